The van der Waals surface area contributed by atoms with E-state index in [4.69, 9.17) is 11.6 Å². The largest absolute Gasteiger partial charge is 0.384 e. The van der Waals surface area contributed by atoms with Crippen LogP contribution in [0, 0.1) is 0 Å². The third-order valence-electron chi connectivity index (χ3n) is 8.02. The minimum atomic E-state index is -0.988. The molecule has 0 bridgehead atoms. The van der Waals surface area contributed by atoms with E-state index in [9.17, 15) is 24.0 Å². The van der Waals surface area contributed by atoms with Gasteiger partial charge in [0.05, 0.1) is 11.1 Å². The molecule has 2 saturated heterocycles. The van der Waals surface area contributed by atoms with E-state index < -0.39 is 29.7 Å². The summed E-state index contributed by atoms with van der Waals surface area (Å²) in [4.78, 5) is 65.6. The molecular weight excluding hydrogens is 532 g/mol. The maximum atomic E-state index is 13.2. The molecule has 10 heteroatoms. The predicted molar refractivity (Wildman–Crippen MR) is 150 cm³/mol. The Bertz CT molecular complexity index is 1340. The number of unbranched alkanes of at least 4 members (excludes halogenated alkanes) is 2. The lowest BCUT2D eigenvalue weighted by atomic mass is 9.89. The summed E-state index contributed by atoms with van der Waals surface area (Å²) in [6.45, 7) is 2.11. The van der Waals surface area contributed by atoms with E-state index in [2.05, 4.69) is 16.7 Å². The second kappa shape index (κ2) is 12.2. The fourth-order valence-corrected chi connectivity index (χ4v) is 6.04. The zero-order valence-electron chi connectivity index (χ0n) is 22.3. The van der Waals surface area contributed by atoms with Crippen molar-refractivity contribution in [1.29, 1.82) is 0 Å². The molecule has 2 aromatic carbocycles. The molecule has 0 saturated carbocycles. The van der Waals surface area contributed by atoms with E-state index in [1.54, 1.807) is 18.2 Å². The van der Waals surface area contributed by atoms with Crippen LogP contribution in [0.4, 0.5) is 5.69 Å². The Morgan fingerprint density at radius 1 is 0.950 bits per heavy atom. The minimum absolute atomic E-state index is 0.0821. The van der Waals surface area contributed by atoms with Gasteiger partial charge in [-0.25, -0.2) is 0 Å². The molecular formula is C30H33ClN4O5. The maximum absolute atomic E-state index is 13.2. The highest BCUT2D eigenvalue weighted by atomic mass is 35.5. The number of anilines is 1. The van der Waals surface area contributed by atoms with Crippen LogP contribution < -0.4 is 10.6 Å². The van der Waals surface area contributed by atoms with E-state index >= 15 is 0 Å². The number of halogens is 1. The summed E-state index contributed by atoms with van der Waals surface area (Å²) in [6.07, 6.45) is 5.03. The highest BCUT2D eigenvalue weighted by Gasteiger charge is 2.45. The van der Waals surface area contributed by atoms with Crippen molar-refractivity contribution in [1.82, 2.24) is 15.1 Å². The van der Waals surface area contributed by atoms with Crippen molar-refractivity contribution in [3.05, 3.63) is 64.2 Å². The van der Waals surface area contributed by atoms with E-state index in [0.717, 1.165) is 55.1 Å². The second-order valence-corrected chi connectivity index (χ2v) is 11.1. The number of piperidine rings is 2. The van der Waals surface area contributed by atoms with Gasteiger partial charge in [-0.05, 0) is 67.9 Å². The smallest absolute Gasteiger partial charge is 0.264 e. The predicted octanol–water partition coefficient (Wildman–Crippen LogP) is 4.12. The molecule has 0 spiro atoms. The zero-order chi connectivity index (χ0) is 28.2. The Kier molecular flexibility index (Phi) is 8.49. The third kappa shape index (κ3) is 5.89. The number of carbonyl (C=O) groups excluding carboxylic acids is 5. The Balaban J connectivity index is 1.05. The lowest BCUT2D eigenvalue weighted by Crippen LogP contribution is -2.54. The first kappa shape index (κ1) is 27.8. The lowest BCUT2D eigenvalue weighted by molar-refractivity contribution is -0.136. The number of amides is 5. The molecule has 3 heterocycles. The molecule has 0 aliphatic carbocycles. The molecule has 2 fully saturated rings. The maximum Gasteiger partial charge on any atom is 0.264 e. The number of nitrogens with one attached hydrogen (secondary N) is 2. The normalized spacial score (nSPS) is 19.6. The van der Waals surface area contributed by atoms with Crippen LogP contribution in [0.15, 0.2) is 42.5 Å². The fourth-order valence-electron chi connectivity index (χ4n) is 5.84. The number of hydrogen-bond donors (Lipinski definition) is 2. The number of hydrogen-bond acceptors (Lipinski definition) is 6. The van der Waals surface area contributed by atoms with Crippen molar-refractivity contribution in [2.45, 2.75) is 63.3 Å². The van der Waals surface area contributed by atoms with Gasteiger partial charge in [0.1, 0.15) is 6.04 Å². The number of rotatable bonds is 9. The molecule has 2 N–H and O–H groups in total. The molecule has 5 amide bonds. The van der Waals surface area contributed by atoms with Crippen LogP contribution in [0.25, 0.3) is 0 Å². The first-order valence-corrected chi connectivity index (χ1v) is 14.3. The van der Waals surface area contributed by atoms with Crippen LogP contribution in [-0.2, 0) is 14.4 Å². The Morgan fingerprint density at radius 2 is 1.73 bits per heavy atom. The molecule has 5 rings (SSSR count). The van der Waals surface area contributed by atoms with E-state index in [1.807, 2.05) is 23.1 Å². The Morgan fingerprint density at radius 3 is 2.48 bits per heavy atom. The van der Waals surface area contributed by atoms with Gasteiger partial charge < -0.3 is 10.2 Å². The van der Waals surface area contributed by atoms with Gasteiger partial charge in [-0.15, -0.1) is 0 Å². The second-order valence-electron chi connectivity index (χ2n) is 10.6. The molecule has 3 aliphatic rings. The summed E-state index contributed by atoms with van der Waals surface area (Å²) in [7, 11) is 0. The molecule has 40 heavy (non-hydrogen) atoms. The standard InChI is InChI=1S/C30H33ClN4O5/c31-21-7-4-6-20(18-21)19-13-16-34(17-14-19)26(37)10-2-1-3-15-32-23-9-5-8-22-27(23)30(40)35(29(22)39)24-11-12-25(36)33-28(24)38/h4-9,18-19,24,32H,1-3,10-17H2,(H,33,36,38). The minimum Gasteiger partial charge on any atom is -0.384 e. The van der Waals surface area contributed by atoms with E-state index in [-0.39, 0.29) is 29.9 Å². The van der Waals surface area contributed by atoms with Crippen molar-refractivity contribution in [2.24, 2.45) is 0 Å². The molecule has 1 atom stereocenters. The van der Waals surface area contributed by atoms with Crippen LogP contribution in [-0.4, -0.2) is 65.0 Å². The third-order valence-corrected chi connectivity index (χ3v) is 8.25. The molecule has 2 aromatic rings. The number of nitrogens with zero attached hydrogens (tertiary/aromatic N) is 2. The monoisotopic (exact) mass is 564 g/mol. The average molecular weight is 565 g/mol. The first-order valence-electron chi connectivity index (χ1n) is 13.9. The highest BCUT2D eigenvalue weighted by Crippen LogP contribution is 2.33. The molecule has 1 unspecified atom stereocenters. The van der Waals surface area contributed by atoms with Gasteiger partial charge in [-0.2, -0.15) is 0 Å². The van der Waals surface area contributed by atoms with E-state index in [0.29, 0.717) is 24.6 Å². The van der Waals surface area contributed by atoms with Crippen molar-refractivity contribution >= 4 is 46.8 Å². The zero-order valence-corrected chi connectivity index (χ0v) is 23.0. The number of imide groups is 2. The number of carbonyl (C=O) groups is 5. The number of likely N-dealkylation sites (tertiary alicyclic amines) is 1. The van der Waals surface area contributed by atoms with Gasteiger partial charge in [-0.1, -0.05) is 36.2 Å². The molecule has 0 radical (unpaired) electrons. The van der Waals surface area contributed by atoms with Crippen LogP contribution in [0.1, 0.15) is 83.6 Å². The SMILES string of the molecule is O=C1CCC(N2C(=O)c3cccc(NCCCCCC(=O)N4CCC(c5cccc(Cl)c5)CC4)c3C2=O)C(=O)N1. The van der Waals surface area contributed by atoms with E-state index in [1.165, 1.54) is 5.56 Å². The van der Waals surface area contributed by atoms with Gasteiger partial charge in [0, 0.05) is 43.2 Å². The molecule has 210 valence electrons. The summed E-state index contributed by atoms with van der Waals surface area (Å²) >= 11 is 6.13. The van der Waals surface area contributed by atoms with Crippen molar-refractivity contribution in [2.75, 3.05) is 25.0 Å². The quantitative estimate of drug-likeness (QED) is 0.350. The summed E-state index contributed by atoms with van der Waals surface area (Å²) in [5.41, 5.74) is 2.30. The van der Waals surface area contributed by atoms with Gasteiger partial charge in [0.2, 0.25) is 17.7 Å². The Hall–Kier alpha value is -3.72. The fraction of sp³-hybridized carbons (Fsp3) is 0.433. The van der Waals surface area contributed by atoms with Gasteiger partial charge in [0.25, 0.3) is 11.8 Å². The van der Waals surface area contributed by atoms with Crippen LogP contribution >= 0.6 is 11.6 Å². The number of benzene rings is 2. The van der Waals surface area contributed by atoms with Gasteiger partial charge >= 0.3 is 0 Å². The van der Waals surface area contributed by atoms with Gasteiger partial charge in [-0.3, -0.25) is 34.2 Å². The Labute approximate surface area is 238 Å². The van der Waals surface area contributed by atoms with Crippen molar-refractivity contribution in [3.8, 4) is 0 Å². The lowest BCUT2D eigenvalue weighted by Gasteiger charge is -2.32. The van der Waals surface area contributed by atoms with Crippen LogP contribution in [0.5, 0.6) is 0 Å². The van der Waals surface area contributed by atoms with Gasteiger partial charge in [0.15, 0.2) is 0 Å². The summed E-state index contributed by atoms with van der Waals surface area (Å²) in [5.74, 6) is -1.45. The molecule has 9 nitrogen and oxygen atoms in total. The first-order chi connectivity index (χ1) is 19.3. The molecule has 3 aliphatic heterocycles. The molecule has 0 aromatic heterocycles. The van der Waals surface area contributed by atoms with Crippen molar-refractivity contribution < 1.29 is 24.0 Å². The summed E-state index contributed by atoms with van der Waals surface area (Å²) < 4.78 is 0. The topological polar surface area (TPSA) is 116 Å². The number of fused-ring (bicyclic) bond motifs is 1. The summed E-state index contributed by atoms with van der Waals surface area (Å²) in [5, 5.41) is 6.21. The average Bonchev–Trinajstić information content (AvgIpc) is 3.20. The van der Waals surface area contributed by atoms with Crippen molar-refractivity contribution in [3.63, 3.8) is 0 Å². The van der Waals surface area contributed by atoms with Crippen LogP contribution in [0.3, 0.4) is 0 Å². The van der Waals surface area contributed by atoms with Crippen LogP contribution in [0.2, 0.25) is 5.02 Å². The summed E-state index contributed by atoms with van der Waals surface area (Å²) in [6, 6.07) is 12.0. The highest BCUT2D eigenvalue weighted by molar-refractivity contribution is 6.30.